The molecule has 0 atom stereocenters. The minimum Gasteiger partial charge on any atom is -0.462 e. The van der Waals surface area contributed by atoms with Gasteiger partial charge in [0.05, 0.1) is 18.5 Å². The van der Waals surface area contributed by atoms with E-state index in [1.54, 1.807) is 6.92 Å². The molecule has 2 N–H and O–H groups in total. The van der Waals surface area contributed by atoms with Crippen LogP contribution in [0.5, 0.6) is 0 Å². The highest BCUT2D eigenvalue weighted by Gasteiger charge is 2.16. The molecule has 23 heavy (non-hydrogen) atoms. The molecule has 116 valence electrons. The Hall–Kier alpha value is -3.08. The lowest BCUT2D eigenvalue weighted by atomic mass is 10.1. The van der Waals surface area contributed by atoms with Crippen molar-refractivity contribution in [3.63, 3.8) is 0 Å². The number of hydrogen-bond donors (Lipinski definition) is 1. The fourth-order valence-corrected chi connectivity index (χ4v) is 2.36. The van der Waals surface area contributed by atoms with Gasteiger partial charge in [-0.3, -0.25) is 0 Å². The van der Waals surface area contributed by atoms with Gasteiger partial charge in [0.15, 0.2) is 0 Å². The molecule has 0 fully saturated rings. The Kier molecular flexibility index (Phi) is 4.10. The van der Waals surface area contributed by atoms with E-state index in [2.05, 4.69) is 17.2 Å². The van der Waals surface area contributed by atoms with E-state index in [9.17, 15) is 4.79 Å². The Morgan fingerprint density at radius 2 is 1.74 bits per heavy atom. The van der Waals surface area contributed by atoms with E-state index in [-0.39, 0.29) is 11.4 Å². The standard InChI is InChI=1S/C18H17N3O2/c1-2-23-18(22)16-12-20-21(17(16)19)15-10-8-14(9-11-15)13-6-4-3-5-7-13/h3-12H,2,19H2,1H3. The zero-order chi connectivity index (χ0) is 16.2. The summed E-state index contributed by atoms with van der Waals surface area (Å²) in [5.74, 6) is -0.187. The van der Waals surface area contributed by atoms with Gasteiger partial charge in [-0.1, -0.05) is 42.5 Å². The lowest BCUT2D eigenvalue weighted by molar-refractivity contribution is 0.0527. The van der Waals surface area contributed by atoms with E-state index in [0.29, 0.717) is 6.61 Å². The number of carbonyl (C=O) groups excluding carboxylic acids is 1. The molecule has 0 aliphatic heterocycles. The fourth-order valence-electron chi connectivity index (χ4n) is 2.36. The third-order valence-corrected chi connectivity index (χ3v) is 3.52. The number of esters is 1. The Morgan fingerprint density at radius 3 is 2.39 bits per heavy atom. The predicted octanol–water partition coefficient (Wildman–Crippen LogP) is 3.30. The number of hydrogen-bond acceptors (Lipinski definition) is 4. The Labute approximate surface area is 134 Å². The normalized spacial score (nSPS) is 10.5. The number of ether oxygens (including phenoxy) is 1. The molecule has 0 aliphatic carbocycles. The summed E-state index contributed by atoms with van der Waals surface area (Å²) in [4.78, 5) is 11.8. The first kappa shape index (κ1) is 14.8. The Morgan fingerprint density at radius 1 is 1.09 bits per heavy atom. The first-order valence-corrected chi connectivity index (χ1v) is 7.37. The van der Waals surface area contributed by atoms with Gasteiger partial charge in [-0.05, 0) is 30.2 Å². The molecule has 0 spiro atoms. The molecule has 3 rings (SSSR count). The number of aromatic nitrogens is 2. The molecular weight excluding hydrogens is 290 g/mol. The molecule has 5 nitrogen and oxygen atoms in total. The van der Waals surface area contributed by atoms with E-state index in [1.165, 1.54) is 10.9 Å². The third-order valence-electron chi connectivity index (χ3n) is 3.52. The summed E-state index contributed by atoms with van der Waals surface area (Å²) in [6.45, 7) is 2.05. The van der Waals surface area contributed by atoms with Gasteiger partial charge >= 0.3 is 5.97 Å². The number of nitrogens with zero attached hydrogens (tertiary/aromatic N) is 2. The zero-order valence-electron chi connectivity index (χ0n) is 12.8. The van der Waals surface area contributed by atoms with Crippen molar-refractivity contribution >= 4 is 11.8 Å². The van der Waals surface area contributed by atoms with Crippen LogP contribution in [0.25, 0.3) is 16.8 Å². The summed E-state index contributed by atoms with van der Waals surface area (Å²) in [6, 6.07) is 17.9. The number of benzene rings is 2. The smallest absolute Gasteiger partial charge is 0.343 e. The highest BCUT2D eigenvalue weighted by molar-refractivity contribution is 5.94. The molecular formula is C18H17N3O2. The number of rotatable bonds is 4. The Balaban J connectivity index is 1.90. The Bertz CT molecular complexity index is 808. The largest absolute Gasteiger partial charge is 0.462 e. The van der Waals surface area contributed by atoms with Gasteiger partial charge in [-0.2, -0.15) is 5.10 Å². The van der Waals surface area contributed by atoms with Crippen LogP contribution in [-0.2, 0) is 4.74 Å². The lowest BCUT2D eigenvalue weighted by Gasteiger charge is -2.07. The molecule has 1 aromatic heterocycles. The minimum atomic E-state index is -0.461. The number of anilines is 1. The monoisotopic (exact) mass is 307 g/mol. The van der Waals surface area contributed by atoms with E-state index in [4.69, 9.17) is 10.5 Å². The van der Waals surface area contributed by atoms with E-state index in [0.717, 1.165) is 16.8 Å². The number of nitrogens with two attached hydrogens (primary N) is 1. The SMILES string of the molecule is CCOC(=O)c1cnn(-c2ccc(-c3ccccc3)cc2)c1N. The van der Waals surface area contributed by atoms with Crippen LogP contribution in [0, 0.1) is 0 Å². The van der Waals surface area contributed by atoms with Crippen LogP contribution in [0.1, 0.15) is 17.3 Å². The van der Waals surface area contributed by atoms with Crippen LogP contribution in [0.2, 0.25) is 0 Å². The molecule has 0 saturated heterocycles. The zero-order valence-corrected chi connectivity index (χ0v) is 12.8. The molecule has 0 radical (unpaired) electrons. The second-order valence-electron chi connectivity index (χ2n) is 4.99. The van der Waals surface area contributed by atoms with Gasteiger partial charge in [-0.15, -0.1) is 0 Å². The van der Waals surface area contributed by atoms with Crippen LogP contribution in [0.15, 0.2) is 60.8 Å². The summed E-state index contributed by atoms with van der Waals surface area (Å²) < 4.78 is 6.49. The summed E-state index contributed by atoms with van der Waals surface area (Å²) >= 11 is 0. The molecule has 3 aromatic rings. The maximum absolute atomic E-state index is 11.8. The predicted molar refractivity (Wildman–Crippen MR) is 89.4 cm³/mol. The molecule has 0 unspecified atom stereocenters. The minimum absolute atomic E-state index is 0.274. The van der Waals surface area contributed by atoms with Crippen molar-refractivity contribution in [1.82, 2.24) is 9.78 Å². The van der Waals surface area contributed by atoms with E-state index in [1.807, 2.05) is 42.5 Å². The van der Waals surface area contributed by atoms with Gasteiger partial charge in [-0.25, -0.2) is 9.48 Å². The van der Waals surface area contributed by atoms with Crippen molar-refractivity contribution in [2.24, 2.45) is 0 Å². The molecule has 0 amide bonds. The van der Waals surface area contributed by atoms with Crippen LogP contribution >= 0.6 is 0 Å². The van der Waals surface area contributed by atoms with Crippen molar-refractivity contribution in [3.05, 3.63) is 66.4 Å². The van der Waals surface area contributed by atoms with E-state index < -0.39 is 5.97 Å². The van der Waals surface area contributed by atoms with Crippen molar-refractivity contribution in [3.8, 4) is 16.8 Å². The average Bonchev–Trinajstić information content (AvgIpc) is 2.98. The quantitative estimate of drug-likeness (QED) is 0.751. The van der Waals surface area contributed by atoms with Crippen molar-refractivity contribution in [2.75, 3.05) is 12.3 Å². The van der Waals surface area contributed by atoms with Crippen LogP contribution < -0.4 is 5.73 Å². The molecule has 0 aliphatic rings. The average molecular weight is 307 g/mol. The number of carbonyl (C=O) groups is 1. The van der Waals surface area contributed by atoms with Gasteiger partial charge in [0.1, 0.15) is 11.4 Å². The summed E-state index contributed by atoms with van der Waals surface area (Å²) in [7, 11) is 0. The van der Waals surface area contributed by atoms with Gasteiger partial charge in [0.25, 0.3) is 0 Å². The summed E-state index contributed by atoms with van der Waals surface area (Å²) in [5.41, 5.74) is 9.32. The molecule has 2 aromatic carbocycles. The second kappa shape index (κ2) is 6.36. The first-order chi connectivity index (χ1) is 11.2. The van der Waals surface area contributed by atoms with Crippen LogP contribution in [0.4, 0.5) is 5.82 Å². The van der Waals surface area contributed by atoms with Gasteiger partial charge in [0.2, 0.25) is 0 Å². The fraction of sp³-hybridized carbons (Fsp3) is 0.111. The highest BCUT2D eigenvalue weighted by atomic mass is 16.5. The highest BCUT2D eigenvalue weighted by Crippen LogP contribution is 2.23. The van der Waals surface area contributed by atoms with Crippen molar-refractivity contribution in [2.45, 2.75) is 6.92 Å². The van der Waals surface area contributed by atoms with Crippen LogP contribution in [-0.4, -0.2) is 22.4 Å². The van der Waals surface area contributed by atoms with Gasteiger partial charge < -0.3 is 10.5 Å². The molecule has 1 heterocycles. The van der Waals surface area contributed by atoms with E-state index >= 15 is 0 Å². The van der Waals surface area contributed by atoms with Crippen molar-refractivity contribution in [1.29, 1.82) is 0 Å². The molecule has 5 heteroatoms. The van der Waals surface area contributed by atoms with Gasteiger partial charge in [0, 0.05) is 0 Å². The number of nitrogen functional groups attached to an aromatic ring is 1. The first-order valence-electron chi connectivity index (χ1n) is 7.37. The third kappa shape index (κ3) is 2.94. The maximum Gasteiger partial charge on any atom is 0.343 e. The summed E-state index contributed by atoms with van der Waals surface area (Å²) in [6.07, 6.45) is 1.43. The van der Waals surface area contributed by atoms with Crippen molar-refractivity contribution < 1.29 is 9.53 Å². The lowest BCUT2D eigenvalue weighted by Crippen LogP contribution is -2.08. The molecule has 0 bridgehead atoms. The molecule has 0 saturated carbocycles. The summed E-state index contributed by atoms with van der Waals surface area (Å²) in [5, 5.41) is 4.18. The maximum atomic E-state index is 11.8. The van der Waals surface area contributed by atoms with Crippen LogP contribution in [0.3, 0.4) is 0 Å². The second-order valence-corrected chi connectivity index (χ2v) is 4.99. The topological polar surface area (TPSA) is 70.1 Å².